The van der Waals surface area contributed by atoms with E-state index in [4.69, 9.17) is 5.84 Å². The van der Waals surface area contributed by atoms with Gasteiger partial charge in [-0.25, -0.2) is 10.4 Å². The van der Waals surface area contributed by atoms with E-state index in [0.29, 0.717) is 5.82 Å². The van der Waals surface area contributed by atoms with Gasteiger partial charge >= 0.3 is 6.18 Å². The summed E-state index contributed by atoms with van der Waals surface area (Å²) in [5.41, 5.74) is 2.33. The lowest BCUT2D eigenvalue weighted by molar-refractivity contribution is -0.136. The molecule has 4 nitrogen and oxygen atoms in total. The summed E-state index contributed by atoms with van der Waals surface area (Å²) in [5, 5.41) is 0. The summed E-state index contributed by atoms with van der Waals surface area (Å²) in [5.74, 6) is 5.69. The van der Waals surface area contributed by atoms with Crippen molar-refractivity contribution in [1.29, 1.82) is 0 Å². The van der Waals surface area contributed by atoms with E-state index in [-0.39, 0.29) is 6.42 Å². The standard InChI is InChI=1S/C8H13F3N4/c1-15-5-4-13-7(15)6(14-12)2-3-8(9,10)11/h4-6,14H,2-3,12H2,1H3. The maximum atomic E-state index is 12.0. The summed E-state index contributed by atoms with van der Waals surface area (Å²) in [6.45, 7) is 0. The third-order valence-electron chi connectivity index (χ3n) is 2.09. The zero-order valence-corrected chi connectivity index (χ0v) is 8.25. The van der Waals surface area contributed by atoms with Crippen molar-refractivity contribution >= 4 is 0 Å². The Kier molecular flexibility index (Phi) is 3.70. The molecule has 0 aliphatic carbocycles. The van der Waals surface area contributed by atoms with Crippen LogP contribution < -0.4 is 11.3 Å². The monoisotopic (exact) mass is 222 g/mol. The van der Waals surface area contributed by atoms with Crippen LogP contribution in [0.5, 0.6) is 0 Å². The van der Waals surface area contributed by atoms with Gasteiger partial charge in [-0.05, 0) is 6.42 Å². The molecule has 1 heterocycles. The number of rotatable bonds is 4. The highest BCUT2D eigenvalue weighted by Crippen LogP contribution is 2.26. The molecule has 0 spiro atoms. The molecule has 1 unspecified atom stereocenters. The van der Waals surface area contributed by atoms with Crippen LogP contribution in [0.15, 0.2) is 12.4 Å². The van der Waals surface area contributed by atoms with Gasteiger partial charge in [0.1, 0.15) is 5.82 Å². The van der Waals surface area contributed by atoms with E-state index in [1.165, 1.54) is 6.20 Å². The summed E-state index contributed by atoms with van der Waals surface area (Å²) in [6, 6.07) is -0.577. The fourth-order valence-corrected chi connectivity index (χ4v) is 1.31. The molecule has 0 fully saturated rings. The Bertz CT molecular complexity index is 307. The maximum absolute atomic E-state index is 12.0. The van der Waals surface area contributed by atoms with E-state index >= 15 is 0 Å². The quantitative estimate of drug-likeness (QED) is 0.595. The van der Waals surface area contributed by atoms with Gasteiger partial charge in [-0.1, -0.05) is 0 Å². The van der Waals surface area contributed by atoms with Gasteiger partial charge in [0.25, 0.3) is 0 Å². The number of hydrogen-bond donors (Lipinski definition) is 2. The van der Waals surface area contributed by atoms with E-state index in [0.717, 1.165) is 0 Å². The molecular formula is C8H13F3N4. The van der Waals surface area contributed by atoms with Crippen molar-refractivity contribution in [1.82, 2.24) is 15.0 Å². The molecule has 86 valence electrons. The van der Waals surface area contributed by atoms with Crippen LogP contribution in [0.25, 0.3) is 0 Å². The highest BCUT2D eigenvalue weighted by Gasteiger charge is 2.29. The summed E-state index contributed by atoms with van der Waals surface area (Å²) < 4.78 is 37.6. The molecule has 1 aromatic rings. The van der Waals surface area contributed by atoms with Crippen LogP contribution in [0.4, 0.5) is 13.2 Å². The van der Waals surface area contributed by atoms with Crippen molar-refractivity contribution in [2.24, 2.45) is 12.9 Å². The number of imidazole rings is 1. The van der Waals surface area contributed by atoms with Crippen LogP contribution in [0.1, 0.15) is 24.7 Å². The number of hydrazine groups is 1. The first-order valence-corrected chi connectivity index (χ1v) is 4.44. The highest BCUT2D eigenvalue weighted by molar-refractivity contribution is 4.98. The molecular weight excluding hydrogens is 209 g/mol. The molecule has 7 heteroatoms. The molecule has 1 rings (SSSR count). The van der Waals surface area contributed by atoms with Crippen LogP contribution in [-0.2, 0) is 7.05 Å². The lowest BCUT2D eigenvalue weighted by Crippen LogP contribution is -2.31. The van der Waals surface area contributed by atoms with Gasteiger partial charge in [-0.2, -0.15) is 13.2 Å². The van der Waals surface area contributed by atoms with E-state index < -0.39 is 18.6 Å². The van der Waals surface area contributed by atoms with Crippen molar-refractivity contribution in [3.8, 4) is 0 Å². The first kappa shape index (κ1) is 12.0. The van der Waals surface area contributed by atoms with Crippen molar-refractivity contribution < 1.29 is 13.2 Å². The minimum atomic E-state index is -4.17. The minimum absolute atomic E-state index is 0.120. The molecule has 1 aromatic heterocycles. The first-order chi connectivity index (χ1) is 6.94. The van der Waals surface area contributed by atoms with Crippen LogP contribution in [-0.4, -0.2) is 15.7 Å². The van der Waals surface area contributed by atoms with Crippen molar-refractivity contribution in [2.75, 3.05) is 0 Å². The Hall–Kier alpha value is -1.08. The molecule has 0 aromatic carbocycles. The number of nitrogens with two attached hydrogens (primary N) is 1. The number of hydrogen-bond acceptors (Lipinski definition) is 3. The molecule has 3 N–H and O–H groups in total. The summed E-state index contributed by atoms with van der Waals surface area (Å²) in [4.78, 5) is 3.94. The van der Waals surface area contributed by atoms with Gasteiger partial charge in [0.05, 0.1) is 6.04 Å². The lowest BCUT2D eigenvalue weighted by atomic mass is 10.1. The normalized spacial score (nSPS) is 14.2. The Morgan fingerprint density at radius 2 is 2.27 bits per heavy atom. The Labute approximate surface area is 85.3 Å². The number of alkyl halides is 3. The predicted octanol–water partition coefficient (Wildman–Crippen LogP) is 1.27. The number of halogens is 3. The molecule has 0 aliphatic rings. The van der Waals surface area contributed by atoms with Crippen LogP contribution in [0.2, 0.25) is 0 Å². The molecule has 0 saturated carbocycles. The van der Waals surface area contributed by atoms with E-state index in [1.54, 1.807) is 17.8 Å². The van der Waals surface area contributed by atoms with E-state index in [2.05, 4.69) is 10.4 Å². The second kappa shape index (κ2) is 4.63. The molecule has 0 amide bonds. The SMILES string of the molecule is Cn1ccnc1C(CCC(F)(F)F)NN. The van der Waals surface area contributed by atoms with Crippen molar-refractivity contribution in [2.45, 2.75) is 25.1 Å². The Balaban J connectivity index is 2.61. The van der Waals surface area contributed by atoms with Gasteiger partial charge in [-0.3, -0.25) is 5.84 Å². The van der Waals surface area contributed by atoms with Gasteiger partial charge in [0.2, 0.25) is 0 Å². The van der Waals surface area contributed by atoms with E-state index in [1.807, 2.05) is 0 Å². The topological polar surface area (TPSA) is 55.9 Å². The number of nitrogens with zero attached hydrogens (tertiary/aromatic N) is 2. The molecule has 1 atom stereocenters. The molecule has 15 heavy (non-hydrogen) atoms. The lowest BCUT2D eigenvalue weighted by Gasteiger charge is -2.16. The van der Waals surface area contributed by atoms with Crippen molar-refractivity contribution in [3.63, 3.8) is 0 Å². The second-order valence-electron chi connectivity index (χ2n) is 3.27. The third-order valence-corrected chi connectivity index (χ3v) is 2.09. The zero-order chi connectivity index (χ0) is 11.5. The Morgan fingerprint density at radius 3 is 2.67 bits per heavy atom. The second-order valence-corrected chi connectivity index (χ2v) is 3.27. The summed E-state index contributed by atoms with van der Waals surface area (Å²) >= 11 is 0. The fourth-order valence-electron chi connectivity index (χ4n) is 1.31. The smallest absolute Gasteiger partial charge is 0.337 e. The van der Waals surface area contributed by atoms with Crippen molar-refractivity contribution in [3.05, 3.63) is 18.2 Å². The third kappa shape index (κ3) is 3.52. The molecule has 0 radical (unpaired) electrons. The predicted molar refractivity (Wildman–Crippen MR) is 48.6 cm³/mol. The number of aromatic nitrogens is 2. The minimum Gasteiger partial charge on any atom is -0.337 e. The van der Waals surface area contributed by atoms with Crippen LogP contribution in [0.3, 0.4) is 0 Å². The van der Waals surface area contributed by atoms with Crippen LogP contribution in [0, 0.1) is 0 Å². The van der Waals surface area contributed by atoms with Gasteiger partial charge in [-0.15, -0.1) is 0 Å². The Morgan fingerprint density at radius 1 is 1.60 bits per heavy atom. The van der Waals surface area contributed by atoms with E-state index in [9.17, 15) is 13.2 Å². The maximum Gasteiger partial charge on any atom is 0.389 e. The molecule has 0 saturated heterocycles. The summed E-state index contributed by atoms with van der Waals surface area (Å²) in [6.07, 6.45) is -1.99. The first-order valence-electron chi connectivity index (χ1n) is 4.44. The average Bonchev–Trinajstić information content (AvgIpc) is 2.52. The fraction of sp³-hybridized carbons (Fsp3) is 0.625. The largest absolute Gasteiger partial charge is 0.389 e. The average molecular weight is 222 g/mol. The number of aryl methyl sites for hydroxylation is 1. The highest BCUT2D eigenvalue weighted by atomic mass is 19.4. The molecule has 0 bridgehead atoms. The van der Waals surface area contributed by atoms with Crippen LogP contribution >= 0.6 is 0 Å². The zero-order valence-electron chi connectivity index (χ0n) is 8.25. The summed E-state index contributed by atoms with van der Waals surface area (Å²) in [7, 11) is 1.71. The van der Waals surface area contributed by atoms with Gasteiger partial charge in [0, 0.05) is 25.9 Å². The molecule has 0 aliphatic heterocycles. The van der Waals surface area contributed by atoms with Gasteiger partial charge < -0.3 is 4.57 Å². The number of nitrogens with one attached hydrogen (secondary N) is 1. The van der Waals surface area contributed by atoms with Gasteiger partial charge in [0.15, 0.2) is 0 Å².